The lowest BCUT2D eigenvalue weighted by atomic mass is 9.80. The van der Waals surface area contributed by atoms with Crippen LogP contribution in [0.3, 0.4) is 0 Å². The Kier molecular flexibility index (Phi) is 13.3. The fourth-order valence-corrected chi connectivity index (χ4v) is 4.09. The van der Waals surface area contributed by atoms with Crippen LogP contribution in [-0.2, 0) is 29.3 Å². The van der Waals surface area contributed by atoms with E-state index in [0.29, 0.717) is 39.6 Å². The number of aliphatic hydroxyl groups is 1. The van der Waals surface area contributed by atoms with Crippen molar-refractivity contribution in [2.45, 2.75) is 25.0 Å². The maximum Gasteiger partial charge on any atom is 0.143 e. The highest BCUT2D eigenvalue weighted by atomic mass is 16.6. The van der Waals surface area contributed by atoms with E-state index in [1.54, 1.807) is 0 Å². The van der Waals surface area contributed by atoms with Crippen molar-refractivity contribution in [2.24, 2.45) is 0 Å². The van der Waals surface area contributed by atoms with Crippen molar-refractivity contribution in [3.63, 3.8) is 0 Å². The molecule has 37 heavy (non-hydrogen) atoms. The van der Waals surface area contributed by atoms with Crippen LogP contribution in [0.1, 0.15) is 30.0 Å². The Hall–Kier alpha value is -2.58. The molecule has 6 nitrogen and oxygen atoms in total. The van der Waals surface area contributed by atoms with Crippen LogP contribution in [-0.4, -0.2) is 70.7 Å². The van der Waals surface area contributed by atoms with E-state index in [2.05, 4.69) is 43.3 Å². The molecule has 0 heterocycles. The minimum atomic E-state index is -0.755. The van der Waals surface area contributed by atoms with Gasteiger partial charge in [0.15, 0.2) is 0 Å². The monoisotopic (exact) mass is 508 g/mol. The average Bonchev–Trinajstić information content (AvgIpc) is 2.96. The van der Waals surface area contributed by atoms with Crippen LogP contribution < -0.4 is 0 Å². The van der Waals surface area contributed by atoms with Gasteiger partial charge in [0.2, 0.25) is 0 Å². The highest BCUT2D eigenvalue weighted by Crippen LogP contribution is 2.40. The van der Waals surface area contributed by atoms with E-state index < -0.39 is 11.7 Å². The summed E-state index contributed by atoms with van der Waals surface area (Å²) in [7, 11) is 0. The summed E-state index contributed by atoms with van der Waals surface area (Å²) in [6, 6.07) is 30.8. The molecule has 0 amide bonds. The van der Waals surface area contributed by atoms with Gasteiger partial charge in [-0.25, -0.2) is 0 Å². The lowest BCUT2D eigenvalue weighted by molar-refractivity contribution is -0.0529. The molecule has 3 aromatic carbocycles. The average molecular weight is 509 g/mol. The molecule has 0 radical (unpaired) electrons. The molecule has 0 fully saturated rings. The fraction of sp³-hybridized carbons (Fsp3) is 0.419. The molecule has 0 spiro atoms. The predicted molar refractivity (Wildman–Crippen MR) is 145 cm³/mol. The van der Waals surface area contributed by atoms with Crippen LogP contribution in [0, 0.1) is 0 Å². The van der Waals surface area contributed by atoms with Gasteiger partial charge in [-0.15, -0.1) is 0 Å². The van der Waals surface area contributed by atoms with Crippen LogP contribution in [0.4, 0.5) is 0 Å². The van der Waals surface area contributed by atoms with E-state index in [4.69, 9.17) is 23.7 Å². The molecule has 0 saturated heterocycles. The topological polar surface area (TPSA) is 66.4 Å². The Morgan fingerprint density at radius 3 is 1.35 bits per heavy atom. The van der Waals surface area contributed by atoms with Gasteiger partial charge in [-0.1, -0.05) is 97.9 Å². The predicted octanol–water partition coefficient (Wildman–Crippen LogP) is 4.83. The first-order chi connectivity index (χ1) is 18.3. The zero-order valence-electron chi connectivity index (χ0n) is 21.8. The van der Waals surface area contributed by atoms with Crippen LogP contribution in [0.2, 0.25) is 0 Å². The summed E-state index contributed by atoms with van der Waals surface area (Å²) in [5.74, 6) is 0. The number of hydrogen-bond acceptors (Lipinski definition) is 6. The smallest absolute Gasteiger partial charge is 0.143 e. The summed E-state index contributed by atoms with van der Waals surface area (Å²) >= 11 is 0. The summed E-state index contributed by atoms with van der Waals surface area (Å²) in [6.45, 7) is 5.84. The molecular weight excluding hydrogens is 468 g/mol. The van der Waals surface area contributed by atoms with Gasteiger partial charge in [-0.2, -0.15) is 0 Å². The quantitative estimate of drug-likeness (QED) is 0.185. The molecule has 1 atom stereocenters. The number of benzene rings is 3. The number of rotatable bonds is 19. The summed E-state index contributed by atoms with van der Waals surface area (Å²) in [5, 5.41) is 9.96. The summed E-state index contributed by atoms with van der Waals surface area (Å²) in [4.78, 5) is 0. The minimum Gasteiger partial charge on any atom is -0.388 e. The second-order valence-electron chi connectivity index (χ2n) is 8.66. The van der Waals surface area contributed by atoms with Gasteiger partial charge in [0, 0.05) is 6.61 Å². The lowest BCUT2D eigenvalue weighted by Gasteiger charge is -2.36. The van der Waals surface area contributed by atoms with Crippen LogP contribution >= 0.6 is 0 Å². The number of ether oxygens (including phenoxy) is 5. The van der Waals surface area contributed by atoms with Gasteiger partial charge in [0.1, 0.15) is 11.7 Å². The van der Waals surface area contributed by atoms with Gasteiger partial charge in [0.25, 0.3) is 0 Å². The van der Waals surface area contributed by atoms with Gasteiger partial charge < -0.3 is 28.8 Å². The zero-order chi connectivity index (χ0) is 26.0. The van der Waals surface area contributed by atoms with Crippen molar-refractivity contribution >= 4 is 0 Å². The van der Waals surface area contributed by atoms with E-state index in [1.807, 2.05) is 54.6 Å². The van der Waals surface area contributed by atoms with Crippen molar-refractivity contribution in [1.82, 2.24) is 0 Å². The van der Waals surface area contributed by atoms with Gasteiger partial charge in [-0.05, 0) is 23.1 Å². The molecule has 0 aromatic heterocycles. The molecule has 0 aliphatic rings. The second kappa shape index (κ2) is 17.0. The molecule has 1 N–H and O–H groups in total. The standard InChI is InChI=1S/C31H40O6/c1-2-18-33-19-21-35-25-30(32)26-36-22-20-34-23-24-37-31(27-12-6-3-7-13-27,28-14-8-4-9-15-28)29-16-10-5-11-17-29/h3-17,30,32H,2,18-26H2,1H3. The Labute approximate surface area is 221 Å². The zero-order valence-corrected chi connectivity index (χ0v) is 21.8. The van der Waals surface area contributed by atoms with E-state index in [-0.39, 0.29) is 13.2 Å². The van der Waals surface area contributed by atoms with E-state index in [1.165, 1.54) is 0 Å². The molecule has 1 unspecified atom stereocenters. The normalized spacial score (nSPS) is 12.5. The first kappa shape index (κ1) is 29.0. The Morgan fingerprint density at radius 2 is 0.919 bits per heavy atom. The van der Waals surface area contributed by atoms with Crippen molar-refractivity contribution in [3.05, 3.63) is 108 Å². The third-order valence-corrected chi connectivity index (χ3v) is 5.80. The minimum absolute atomic E-state index is 0.203. The molecule has 3 aromatic rings. The first-order valence-electron chi connectivity index (χ1n) is 13.1. The molecular formula is C31H40O6. The molecule has 3 rings (SSSR count). The third-order valence-electron chi connectivity index (χ3n) is 5.80. The summed E-state index contributed by atoms with van der Waals surface area (Å²) < 4.78 is 28.7. The Morgan fingerprint density at radius 1 is 0.541 bits per heavy atom. The molecule has 0 aliphatic heterocycles. The summed E-state index contributed by atoms with van der Waals surface area (Å²) in [6.07, 6.45) is 0.316. The SMILES string of the molecule is CCCOCCOCC(O)COCCOCCOC(c1ccccc1)(c1ccccc1)c1ccccc1. The molecule has 0 bridgehead atoms. The van der Waals surface area contributed by atoms with Crippen molar-refractivity contribution in [1.29, 1.82) is 0 Å². The van der Waals surface area contributed by atoms with E-state index >= 15 is 0 Å². The van der Waals surface area contributed by atoms with Crippen LogP contribution in [0.25, 0.3) is 0 Å². The second-order valence-corrected chi connectivity index (χ2v) is 8.66. The van der Waals surface area contributed by atoms with Gasteiger partial charge >= 0.3 is 0 Å². The van der Waals surface area contributed by atoms with Crippen molar-refractivity contribution in [2.75, 3.05) is 59.5 Å². The van der Waals surface area contributed by atoms with Gasteiger partial charge in [-0.3, -0.25) is 0 Å². The maximum atomic E-state index is 9.96. The van der Waals surface area contributed by atoms with Crippen molar-refractivity contribution in [3.8, 4) is 0 Å². The lowest BCUT2D eigenvalue weighted by Crippen LogP contribution is -2.34. The van der Waals surface area contributed by atoms with E-state index in [0.717, 1.165) is 29.7 Å². The summed E-state index contributed by atoms with van der Waals surface area (Å²) in [5.41, 5.74) is 2.42. The molecule has 200 valence electrons. The van der Waals surface area contributed by atoms with Crippen LogP contribution in [0.15, 0.2) is 91.0 Å². The van der Waals surface area contributed by atoms with E-state index in [9.17, 15) is 5.11 Å². The maximum absolute atomic E-state index is 9.96. The highest BCUT2D eigenvalue weighted by molar-refractivity contribution is 5.47. The molecule has 0 aliphatic carbocycles. The molecule has 0 saturated carbocycles. The fourth-order valence-electron chi connectivity index (χ4n) is 4.09. The number of hydrogen-bond donors (Lipinski definition) is 1. The Bertz CT molecular complexity index is 855. The van der Waals surface area contributed by atoms with Crippen LogP contribution in [0.5, 0.6) is 0 Å². The molecule has 6 heteroatoms. The third kappa shape index (κ3) is 9.34. The van der Waals surface area contributed by atoms with Gasteiger partial charge in [0.05, 0.1) is 52.9 Å². The number of aliphatic hydroxyl groups excluding tert-OH is 1. The largest absolute Gasteiger partial charge is 0.388 e. The highest BCUT2D eigenvalue weighted by Gasteiger charge is 2.37. The van der Waals surface area contributed by atoms with Crippen molar-refractivity contribution < 1.29 is 28.8 Å². The first-order valence-corrected chi connectivity index (χ1v) is 13.1. The Balaban J connectivity index is 1.47.